The number of carbonyl (C=O) groups excluding carboxylic acids is 1. The normalized spacial score (nSPS) is 11.6. The van der Waals surface area contributed by atoms with E-state index < -0.39 is 0 Å². The Morgan fingerprint density at radius 3 is 2.80 bits per heavy atom. The van der Waals surface area contributed by atoms with Crippen molar-refractivity contribution in [3.05, 3.63) is 24.3 Å². The summed E-state index contributed by atoms with van der Waals surface area (Å²) in [5.41, 5.74) is 6.28. The van der Waals surface area contributed by atoms with Crippen LogP contribution in [0.3, 0.4) is 0 Å². The molecule has 0 bridgehead atoms. The number of benzene rings is 1. The third kappa shape index (κ3) is 4.70. The van der Waals surface area contributed by atoms with E-state index in [0.717, 1.165) is 0 Å². The second kappa shape index (κ2) is 7.69. The highest BCUT2D eigenvalue weighted by atomic mass is 32.1. The first-order valence-electron chi connectivity index (χ1n) is 6.47. The van der Waals surface area contributed by atoms with Gasteiger partial charge in [0, 0.05) is 30.8 Å². The van der Waals surface area contributed by atoms with Gasteiger partial charge in [-0.15, -0.1) is 0 Å². The van der Waals surface area contributed by atoms with Crippen LogP contribution < -0.4 is 15.8 Å². The molecule has 0 saturated carbocycles. The van der Waals surface area contributed by atoms with Crippen LogP contribution >= 0.6 is 12.2 Å². The SMILES string of the molecule is CCN(CC(C)C(N)=S)C(=O)Nc1cccc(OC)c1. The summed E-state index contributed by atoms with van der Waals surface area (Å²) in [4.78, 5) is 14.3. The molecule has 6 heteroatoms. The van der Waals surface area contributed by atoms with Gasteiger partial charge < -0.3 is 20.7 Å². The Morgan fingerprint density at radius 1 is 1.55 bits per heavy atom. The Balaban J connectivity index is 2.69. The van der Waals surface area contributed by atoms with E-state index in [-0.39, 0.29) is 11.9 Å². The van der Waals surface area contributed by atoms with Crippen LogP contribution in [0.5, 0.6) is 5.75 Å². The molecule has 1 aromatic carbocycles. The van der Waals surface area contributed by atoms with Crippen molar-refractivity contribution in [3.63, 3.8) is 0 Å². The molecule has 0 fully saturated rings. The standard InChI is InChI=1S/C14H21N3O2S/c1-4-17(9-10(2)13(15)20)14(18)16-11-6-5-7-12(8-11)19-3/h5-8,10H,4,9H2,1-3H3,(H2,15,20)(H,16,18). The Labute approximate surface area is 125 Å². The van der Waals surface area contributed by atoms with Gasteiger partial charge in [-0.1, -0.05) is 25.2 Å². The van der Waals surface area contributed by atoms with E-state index in [1.807, 2.05) is 32.0 Å². The molecule has 110 valence electrons. The topological polar surface area (TPSA) is 67.6 Å². The maximum atomic E-state index is 12.2. The number of nitrogens with zero attached hydrogens (tertiary/aromatic N) is 1. The van der Waals surface area contributed by atoms with E-state index in [2.05, 4.69) is 5.32 Å². The van der Waals surface area contributed by atoms with Crippen molar-refractivity contribution in [3.8, 4) is 5.75 Å². The number of nitrogens with one attached hydrogen (secondary N) is 1. The number of thiocarbonyl (C=S) groups is 1. The number of hydrogen-bond donors (Lipinski definition) is 2. The van der Waals surface area contributed by atoms with Crippen molar-refractivity contribution < 1.29 is 9.53 Å². The van der Waals surface area contributed by atoms with Crippen molar-refractivity contribution in [2.75, 3.05) is 25.5 Å². The fraction of sp³-hybridized carbons (Fsp3) is 0.429. The fourth-order valence-corrected chi connectivity index (χ4v) is 1.75. The lowest BCUT2D eigenvalue weighted by molar-refractivity contribution is 0.211. The van der Waals surface area contributed by atoms with Crippen LogP contribution in [-0.2, 0) is 0 Å². The Morgan fingerprint density at radius 2 is 2.25 bits per heavy atom. The molecule has 1 unspecified atom stereocenters. The molecule has 1 rings (SSSR count). The number of nitrogens with two attached hydrogens (primary N) is 1. The summed E-state index contributed by atoms with van der Waals surface area (Å²) in [6.07, 6.45) is 0. The summed E-state index contributed by atoms with van der Waals surface area (Å²) < 4.78 is 5.12. The first kappa shape index (κ1) is 16.2. The smallest absolute Gasteiger partial charge is 0.321 e. The second-order valence-electron chi connectivity index (χ2n) is 4.50. The summed E-state index contributed by atoms with van der Waals surface area (Å²) in [5, 5.41) is 2.83. The molecular formula is C14H21N3O2S. The lowest BCUT2D eigenvalue weighted by atomic mass is 10.1. The predicted octanol–water partition coefficient (Wildman–Crippen LogP) is 2.47. The first-order chi connectivity index (χ1) is 9.47. The maximum Gasteiger partial charge on any atom is 0.321 e. The van der Waals surface area contributed by atoms with Crippen molar-refractivity contribution in [1.82, 2.24) is 4.90 Å². The first-order valence-corrected chi connectivity index (χ1v) is 6.88. The average molecular weight is 295 g/mol. The summed E-state index contributed by atoms with van der Waals surface area (Å²) in [6.45, 7) is 4.91. The van der Waals surface area contributed by atoms with Gasteiger partial charge in [0.15, 0.2) is 0 Å². The number of carbonyl (C=O) groups is 1. The summed E-state index contributed by atoms with van der Waals surface area (Å²) in [5.74, 6) is 0.684. The van der Waals surface area contributed by atoms with E-state index in [1.54, 1.807) is 18.1 Å². The van der Waals surface area contributed by atoms with Gasteiger partial charge in [0.2, 0.25) is 0 Å². The second-order valence-corrected chi connectivity index (χ2v) is 4.98. The number of anilines is 1. The molecule has 0 aromatic heterocycles. The number of methoxy groups -OCH3 is 1. The molecule has 0 saturated heterocycles. The Kier molecular flexibility index (Phi) is 6.24. The highest BCUT2D eigenvalue weighted by molar-refractivity contribution is 7.80. The number of urea groups is 1. The molecule has 0 aliphatic rings. The molecule has 3 N–H and O–H groups in total. The van der Waals surface area contributed by atoms with Crippen molar-refractivity contribution in [1.29, 1.82) is 0 Å². The fourth-order valence-electron chi connectivity index (χ4n) is 1.68. The number of amides is 2. The summed E-state index contributed by atoms with van der Waals surface area (Å²) in [6, 6.07) is 7.04. The minimum atomic E-state index is -0.177. The van der Waals surface area contributed by atoms with Crippen LogP contribution in [0.2, 0.25) is 0 Å². The van der Waals surface area contributed by atoms with Gasteiger partial charge in [0.25, 0.3) is 0 Å². The molecule has 1 aromatic rings. The molecule has 2 amide bonds. The van der Waals surface area contributed by atoms with Crippen LogP contribution in [0.25, 0.3) is 0 Å². The van der Waals surface area contributed by atoms with Crippen LogP contribution in [0, 0.1) is 5.92 Å². The van der Waals surface area contributed by atoms with Gasteiger partial charge in [-0.3, -0.25) is 0 Å². The number of ether oxygens (including phenoxy) is 1. The zero-order valence-corrected chi connectivity index (χ0v) is 12.9. The zero-order chi connectivity index (χ0) is 15.1. The van der Waals surface area contributed by atoms with Crippen LogP contribution in [-0.4, -0.2) is 36.1 Å². The third-order valence-electron chi connectivity index (χ3n) is 2.97. The van der Waals surface area contributed by atoms with E-state index >= 15 is 0 Å². The van der Waals surface area contributed by atoms with Crippen molar-refractivity contribution in [2.24, 2.45) is 11.7 Å². The molecular weight excluding hydrogens is 274 g/mol. The molecule has 0 spiro atoms. The van der Waals surface area contributed by atoms with E-state index in [9.17, 15) is 4.79 Å². The monoisotopic (exact) mass is 295 g/mol. The number of rotatable bonds is 6. The molecule has 0 radical (unpaired) electrons. The third-order valence-corrected chi connectivity index (χ3v) is 3.37. The molecule has 0 aliphatic carbocycles. The van der Waals surface area contributed by atoms with Crippen LogP contribution in [0.15, 0.2) is 24.3 Å². The lowest BCUT2D eigenvalue weighted by Crippen LogP contribution is -2.40. The van der Waals surface area contributed by atoms with E-state index in [4.69, 9.17) is 22.7 Å². The van der Waals surface area contributed by atoms with Crippen molar-refractivity contribution >= 4 is 28.9 Å². The molecule has 0 aliphatic heterocycles. The van der Waals surface area contributed by atoms with Crippen LogP contribution in [0.1, 0.15) is 13.8 Å². The summed E-state index contributed by atoms with van der Waals surface area (Å²) >= 11 is 4.94. The molecule has 1 atom stereocenters. The van der Waals surface area contributed by atoms with Gasteiger partial charge >= 0.3 is 6.03 Å². The Bertz CT molecular complexity index is 479. The molecule has 20 heavy (non-hydrogen) atoms. The van der Waals surface area contributed by atoms with Gasteiger partial charge in [-0.2, -0.15) is 0 Å². The lowest BCUT2D eigenvalue weighted by Gasteiger charge is -2.24. The van der Waals surface area contributed by atoms with Gasteiger partial charge in [-0.05, 0) is 19.1 Å². The maximum absolute atomic E-state index is 12.2. The minimum Gasteiger partial charge on any atom is -0.497 e. The average Bonchev–Trinajstić information content (AvgIpc) is 2.44. The quantitative estimate of drug-likeness (QED) is 0.791. The van der Waals surface area contributed by atoms with Crippen LogP contribution in [0.4, 0.5) is 10.5 Å². The zero-order valence-electron chi connectivity index (χ0n) is 12.1. The highest BCUT2D eigenvalue weighted by Gasteiger charge is 2.16. The van der Waals surface area contributed by atoms with Gasteiger partial charge in [-0.25, -0.2) is 4.79 Å². The molecule has 0 heterocycles. The molecule has 5 nitrogen and oxygen atoms in total. The Hall–Kier alpha value is -1.82. The predicted molar refractivity (Wildman–Crippen MR) is 85.2 cm³/mol. The minimum absolute atomic E-state index is 0.0130. The van der Waals surface area contributed by atoms with Gasteiger partial charge in [0.1, 0.15) is 5.75 Å². The van der Waals surface area contributed by atoms with Crippen molar-refractivity contribution in [2.45, 2.75) is 13.8 Å². The summed E-state index contributed by atoms with van der Waals surface area (Å²) in [7, 11) is 1.59. The van der Waals surface area contributed by atoms with Gasteiger partial charge in [0.05, 0.1) is 12.1 Å². The van der Waals surface area contributed by atoms with E-state index in [1.165, 1.54) is 0 Å². The number of hydrogen-bond acceptors (Lipinski definition) is 3. The largest absolute Gasteiger partial charge is 0.497 e. The van der Waals surface area contributed by atoms with E-state index in [0.29, 0.717) is 29.5 Å². The highest BCUT2D eigenvalue weighted by Crippen LogP contribution is 2.17.